The van der Waals surface area contributed by atoms with Crippen LogP contribution in [0.2, 0.25) is 0 Å². The average Bonchev–Trinajstić information content (AvgIpc) is 3.71. The molecule has 0 radical (unpaired) electrons. The maximum absolute atomic E-state index is 6.72. The molecule has 1 aliphatic rings. The van der Waals surface area contributed by atoms with Gasteiger partial charge in [-0.05, 0) is 80.1 Å². The first-order chi connectivity index (χ1) is 24.8. The smallest absolute Gasteiger partial charge is 0.213 e. The lowest BCUT2D eigenvalue weighted by Gasteiger charge is -2.26. The number of hydrogen-bond acceptors (Lipinski definition) is 2. The molecule has 50 heavy (non-hydrogen) atoms. The highest BCUT2D eigenvalue weighted by atomic mass is 16.3. The molecular formula is C46H29BN2O. The van der Waals surface area contributed by atoms with E-state index < -0.39 is 0 Å². The molecule has 0 spiro atoms. The molecule has 0 unspecified atom stereocenters. The lowest BCUT2D eigenvalue weighted by molar-refractivity contribution is 0.646. The molecule has 1 N–H and O–H groups in total. The summed E-state index contributed by atoms with van der Waals surface area (Å²) in [7, 11) is 0.829. The number of anilines is 2. The summed E-state index contributed by atoms with van der Waals surface area (Å²) in [6, 6.07) is 59.0. The number of aromatic nitrogens is 1. The predicted molar refractivity (Wildman–Crippen MR) is 213 cm³/mol. The minimum atomic E-state index is 0.829. The Hall–Kier alpha value is -6.52. The largest absolute Gasteiger partial charge is 0.439 e. The Balaban J connectivity index is 1.18. The van der Waals surface area contributed by atoms with Crippen LogP contribution >= 0.6 is 0 Å². The van der Waals surface area contributed by atoms with Crippen LogP contribution in [0.5, 0.6) is 0 Å². The zero-order valence-electron chi connectivity index (χ0n) is 27.2. The standard InChI is InChI=1S/C46H29BN2O/c1-2-11-28(12-3-1)29-21-23-33(24-22-29)48-39-26-31-14-5-4-13-30(31)25-37(39)42-34-16-7-6-15-32(34)27-40-44(42)47-38-19-10-18-36-43-35-17-8-9-20-41(35)50-46(43)49(40)45(36)38/h1-27,47-48H. The monoisotopic (exact) mass is 636 g/mol. The van der Waals surface area contributed by atoms with Gasteiger partial charge < -0.3 is 9.73 Å². The van der Waals surface area contributed by atoms with Crippen LogP contribution in [0.15, 0.2) is 168 Å². The van der Waals surface area contributed by atoms with Crippen molar-refractivity contribution in [3.63, 3.8) is 0 Å². The molecule has 0 aliphatic carbocycles. The van der Waals surface area contributed by atoms with Crippen molar-refractivity contribution in [1.29, 1.82) is 0 Å². The summed E-state index contributed by atoms with van der Waals surface area (Å²) < 4.78 is 9.11. The van der Waals surface area contributed by atoms with Gasteiger partial charge >= 0.3 is 0 Å². The van der Waals surface area contributed by atoms with Crippen molar-refractivity contribution in [3.05, 3.63) is 164 Å². The van der Waals surface area contributed by atoms with E-state index in [4.69, 9.17) is 4.42 Å². The molecule has 0 amide bonds. The van der Waals surface area contributed by atoms with Crippen molar-refractivity contribution < 1.29 is 4.42 Å². The zero-order valence-corrected chi connectivity index (χ0v) is 27.2. The van der Waals surface area contributed by atoms with Gasteiger partial charge in [0.25, 0.3) is 0 Å². The highest BCUT2D eigenvalue weighted by Crippen LogP contribution is 2.43. The molecule has 3 nitrogen and oxygen atoms in total. The molecule has 4 heteroatoms. The minimum Gasteiger partial charge on any atom is -0.439 e. The van der Waals surface area contributed by atoms with E-state index in [-0.39, 0.29) is 0 Å². The summed E-state index contributed by atoms with van der Waals surface area (Å²) in [6.07, 6.45) is 0. The van der Waals surface area contributed by atoms with Gasteiger partial charge in [0.05, 0.1) is 10.9 Å². The number of nitrogens with one attached hydrogen (secondary N) is 1. The topological polar surface area (TPSA) is 30.1 Å². The Morgan fingerprint density at radius 2 is 1.22 bits per heavy atom. The third-order valence-electron chi connectivity index (χ3n) is 10.6. The Morgan fingerprint density at radius 1 is 0.540 bits per heavy atom. The molecule has 11 rings (SSSR count). The maximum Gasteiger partial charge on any atom is 0.213 e. The summed E-state index contributed by atoms with van der Waals surface area (Å²) in [5.41, 5.74) is 13.9. The van der Waals surface area contributed by atoms with Crippen molar-refractivity contribution in [2.24, 2.45) is 0 Å². The second-order valence-corrected chi connectivity index (χ2v) is 13.4. The molecule has 232 valence electrons. The van der Waals surface area contributed by atoms with Crippen molar-refractivity contribution in [3.8, 4) is 27.9 Å². The number of para-hydroxylation sites is 2. The SMILES string of the molecule is B1c2c(cc3ccccc3c2-c2cc3ccccc3cc2Nc2ccc(-c3ccccc3)cc2)-n2c3oc4ccccc4c3c3cccc1c32. The van der Waals surface area contributed by atoms with E-state index >= 15 is 0 Å². The van der Waals surface area contributed by atoms with Crippen molar-refractivity contribution >= 4 is 84.1 Å². The number of hydrogen-bond donors (Lipinski definition) is 1. The van der Waals surface area contributed by atoms with Gasteiger partial charge in [-0.2, -0.15) is 0 Å². The van der Waals surface area contributed by atoms with Crippen LogP contribution < -0.4 is 16.2 Å². The molecule has 3 heterocycles. The fourth-order valence-electron chi connectivity index (χ4n) is 8.32. The van der Waals surface area contributed by atoms with E-state index in [2.05, 4.69) is 174 Å². The van der Waals surface area contributed by atoms with Crippen LogP contribution in [0.25, 0.3) is 82.5 Å². The minimum absolute atomic E-state index is 0.829. The highest BCUT2D eigenvalue weighted by molar-refractivity contribution is 6.74. The quantitative estimate of drug-likeness (QED) is 0.195. The van der Waals surface area contributed by atoms with Crippen LogP contribution in [0, 0.1) is 0 Å². The Labute approximate surface area is 289 Å². The van der Waals surface area contributed by atoms with E-state index in [9.17, 15) is 0 Å². The first-order valence-electron chi connectivity index (χ1n) is 17.2. The molecule has 8 aromatic carbocycles. The van der Waals surface area contributed by atoms with Crippen LogP contribution in [-0.2, 0) is 0 Å². The van der Waals surface area contributed by atoms with Crippen molar-refractivity contribution in [2.75, 3.05) is 5.32 Å². The number of furan rings is 1. The van der Waals surface area contributed by atoms with E-state index in [1.165, 1.54) is 76.7 Å². The Kier molecular flexibility index (Phi) is 5.76. The van der Waals surface area contributed by atoms with E-state index in [0.29, 0.717) is 0 Å². The Bertz CT molecular complexity index is 2970. The normalized spacial score (nSPS) is 12.2. The van der Waals surface area contributed by atoms with Gasteiger partial charge in [0.15, 0.2) is 7.28 Å². The molecule has 2 aromatic heterocycles. The van der Waals surface area contributed by atoms with E-state index in [0.717, 1.165) is 35.3 Å². The third kappa shape index (κ3) is 3.99. The van der Waals surface area contributed by atoms with Gasteiger partial charge in [0.1, 0.15) is 5.58 Å². The lowest BCUT2D eigenvalue weighted by Crippen LogP contribution is -2.37. The highest BCUT2D eigenvalue weighted by Gasteiger charge is 2.30. The summed E-state index contributed by atoms with van der Waals surface area (Å²) in [5.74, 6) is 0. The molecule has 10 aromatic rings. The molecule has 1 aliphatic heterocycles. The van der Waals surface area contributed by atoms with Crippen molar-refractivity contribution in [2.45, 2.75) is 0 Å². The average molecular weight is 637 g/mol. The second-order valence-electron chi connectivity index (χ2n) is 13.4. The summed E-state index contributed by atoms with van der Waals surface area (Å²) in [4.78, 5) is 0. The van der Waals surface area contributed by atoms with Gasteiger partial charge in [0, 0.05) is 33.4 Å². The van der Waals surface area contributed by atoms with E-state index in [1.807, 2.05) is 0 Å². The summed E-state index contributed by atoms with van der Waals surface area (Å²) in [5, 5.41) is 12.3. The molecule has 0 fully saturated rings. The Morgan fingerprint density at radius 3 is 2.06 bits per heavy atom. The number of rotatable bonds is 4. The van der Waals surface area contributed by atoms with Gasteiger partial charge in [-0.3, -0.25) is 4.57 Å². The fourth-order valence-corrected chi connectivity index (χ4v) is 8.32. The lowest BCUT2D eigenvalue weighted by atomic mass is 9.58. The van der Waals surface area contributed by atoms with Gasteiger partial charge in [-0.15, -0.1) is 0 Å². The molecule has 0 saturated carbocycles. The second kappa shape index (κ2) is 10.5. The van der Waals surface area contributed by atoms with Crippen molar-refractivity contribution in [1.82, 2.24) is 4.57 Å². The zero-order chi connectivity index (χ0) is 32.8. The summed E-state index contributed by atoms with van der Waals surface area (Å²) in [6.45, 7) is 0. The van der Waals surface area contributed by atoms with Crippen LogP contribution in [-0.4, -0.2) is 11.8 Å². The van der Waals surface area contributed by atoms with Gasteiger partial charge in [-0.1, -0.05) is 133 Å². The molecule has 0 saturated heterocycles. The van der Waals surface area contributed by atoms with Gasteiger partial charge in [-0.25, -0.2) is 0 Å². The maximum atomic E-state index is 6.72. The van der Waals surface area contributed by atoms with Crippen LogP contribution in [0.1, 0.15) is 0 Å². The number of fused-ring (bicyclic) bond motifs is 9. The van der Waals surface area contributed by atoms with Crippen LogP contribution in [0.4, 0.5) is 11.4 Å². The first-order valence-corrected chi connectivity index (χ1v) is 17.2. The third-order valence-corrected chi connectivity index (χ3v) is 10.6. The molecular weight excluding hydrogens is 607 g/mol. The fraction of sp³-hybridized carbons (Fsp3) is 0. The van der Waals surface area contributed by atoms with Gasteiger partial charge in [0.2, 0.25) is 5.71 Å². The number of benzene rings is 8. The molecule has 0 atom stereocenters. The number of nitrogens with zero attached hydrogens (tertiary/aromatic N) is 1. The summed E-state index contributed by atoms with van der Waals surface area (Å²) >= 11 is 0. The van der Waals surface area contributed by atoms with Crippen LogP contribution in [0.3, 0.4) is 0 Å². The first kappa shape index (κ1) is 27.4. The van der Waals surface area contributed by atoms with E-state index in [1.54, 1.807) is 0 Å². The predicted octanol–water partition coefficient (Wildman–Crippen LogP) is 10.6. The molecule has 0 bridgehead atoms.